The van der Waals surface area contributed by atoms with E-state index in [0.29, 0.717) is 6.54 Å². The normalized spacial score (nSPS) is 16.0. The molecule has 0 radical (unpaired) electrons. The monoisotopic (exact) mass is 456 g/mol. The van der Waals surface area contributed by atoms with E-state index in [1.165, 1.54) is 11.3 Å². The first-order valence-electron chi connectivity index (χ1n) is 11.3. The van der Waals surface area contributed by atoms with Crippen molar-refractivity contribution in [3.8, 4) is 0 Å². The van der Waals surface area contributed by atoms with Gasteiger partial charge in [-0.15, -0.1) is 0 Å². The highest BCUT2D eigenvalue weighted by Gasteiger charge is 2.32. The summed E-state index contributed by atoms with van der Waals surface area (Å²) in [6.07, 6.45) is 6.68. The predicted octanol–water partition coefficient (Wildman–Crippen LogP) is 5.35. The molecule has 0 spiro atoms. The lowest BCUT2D eigenvalue weighted by Crippen LogP contribution is -2.45. The third-order valence-electron chi connectivity index (χ3n) is 6.40. The van der Waals surface area contributed by atoms with Crippen LogP contribution in [0.3, 0.4) is 0 Å². The Bertz CT molecular complexity index is 1230. The molecule has 0 bridgehead atoms. The maximum absolute atomic E-state index is 14.1. The number of fused-ring (bicyclic) bond motifs is 2. The Balaban J connectivity index is 1.55. The lowest BCUT2D eigenvalue weighted by molar-refractivity contribution is 0.0670. The Labute approximate surface area is 198 Å². The molecule has 3 aromatic carbocycles. The van der Waals surface area contributed by atoms with Crippen LogP contribution in [0.25, 0.3) is 10.8 Å². The number of aromatic amines is 1. The molecule has 168 valence electrons. The van der Waals surface area contributed by atoms with Crippen molar-refractivity contribution in [3.05, 3.63) is 96.1 Å². The third-order valence-corrected chi connectivity index (χ3v) is 7.04. The van der Waals surface area contributed by atoms with Crippen molar-refractivity contribution in [2.24, 2.45) is 0 Å². The van der Waals surface area contributed by atoms with Gasteiger partial charge in [0.25, 0.3) is 5.91 Å². The van der Waals surface area contributed by atoms with Gasteiger partial charge in [0.15, 0.2) is 0 Å². The number of imidazole rings is 1. The van der Waals surface area contributed by atoms with E-state index in [1.807, 2.05) is 42.2 Å². The van der Waals surface area contributed by atoms with Gasteiger partial charge in [-0.1, -0.05) is 54.6 Å². The zero-order valence-corrected chi connectivity index (χ0v) is 19.6. The molecule has 5 rings (SSSR count). The second kappa shape index (κ2) is 9.71. The maximum Gasteiger partial charge on any atom is 0.255 e. The summed E-state index contributed by atoms with van der Waals surface area (Å²) in [4.78, 5) is 26.0. The number of hydrogen-bond acceptors (Lipinski definition) is 4. The van der Waals surface area contributed by atoms with Gasteiger partial charge in [0, 0.05) is 30.5 Å². The smallest absolute Gasteiger partial charge is 0.255 e. The van der Waals surface area contributed by atoms with Crippen LogP contribution in [0.1, 0.15) is 28.0 Å². The molecule has 1 amide bonds. The molecule has 0 unspecified atom stereocenters. The van der Waals surface area contributed by atoms with Crippen LogP contribution in [0, 0.1) is 0 Å². The van der Waals surface area contributed by atoms with Gasteiger partial charge in [0.1, 0.15) is 0 Å². The van der Waals surface area contributed by atoms with Gasteiger partial charge >= 0.3 is 0 Å². The summed E-state index contributed by atoms with van der Waals surface area (Å²) < 4.78 is 0. The quantitative estimate of drug-likeness (QED) is 0.425. The highest BCUT2D eigenvalue weighted by molar-refractivity contribution is 7.98. The molecule has 1 atom stereocenters. The van der Waals surface area contributed by atoms with Gasteiger partial charge in [-0.2, -0.15) is 11.8 Å². The summed E-state index contributed by atoms with van der Waals surface area (Å²) in [6, 6.07) is 22.8. The lowest BCUT2D eigenvalue weighted by Gasteiger charge is -2.33. The van der Waals surface area contributed by atoms with Crippen LogP contribution >= 0.6 is 11.8 Å². The first-order valence-corrected chi connectivity index (χ1v) is 12.7. The fraction of sp³-hybridized carbons (Fsp3) is 0.259. The Hall–Kier alpha value is -3.25. The number of hydrogen-bond donors (Lipinski definition) is 1. The highest BCUT2D eigenvalue weighted by atomic mass is 32.2. The largest absolute Gasteiger partial charge is 0.363 e. The minimum absolute atomic E-state index is 0.107. The standard InChI is InChI=1S/C27H28N4OS/c1-33-14-13-23-18-30(17-22-15-28-19-29-22)26-12-5-3-8-21(26)16-31(23)27(32)25-11-6-9-20-7-2-4-10-24(20)25/h2-12,15,19,23H,13-14,16-18H2,1H3,(H,28,29)/t23-/m0/s1. The molecule has 5 nitrogen and oxygen atoms in total. The molecular weight excluding hydrogens is 428 g/mol. The van der Waals surface area contributed by atoms with Crippen LogP contribution in [0.4, 0.5) is 5.69 Å². The van der Waals surface area contributed by atoms with E-state index < -0.39 is 0 Å². The van der Waals surface area contributed by atoms with Crippen LogP contribution in [-0.2, 0) is 13.1 Å². The first kappa shape index (κ1) is 21.6. The van der Waals surface area contributed by atoms with Gasteiger partial charge in [-0.25, -0.2) is 4.98 Å². The topological polar surface area (TPSA) is 52.2 Å². The van der Waals surface area contributed by atoms with Crippen LogP contribution in [-0.4, -0.2) is 45.4 Å². The number of carbonyl (C=O) groups excluding carboxylic acids is 1. The van der Waals surface area contributed by atoms with Crippen molar-refractivity contribution in [1.82, 2.24) is 14.9 Å². The second-order valence-electron chi connectivity index (χ2n) is 8.48. The number of thioether (sulfide) groups is 1. The number of carbonyl (C=O) groups is 1. The number of anilines is 1. The molecule has 1 aromatic heterocycles. The van der Waals surface area contributed by atoms with Crippen LogP contribution in [0.15, 0.2) is 79.3 Å². The van der Waals surface area contributed by atoms with Crippen molar-refractivity contribution in [2.45, 2.75) is 25.6 Å². The molecule has 4 aromatic rings. The average molecular weight is 457 g/mol. The fourth-order valence-electron chi connectivity index (χ4n) is 4.75. The summed E-state index contributed by atoms with van der Waals surface area (Å²) in [7, 11) is 0. The van der Waals surface area contributed by atoms with Crippen molar-refractivity contribution in [2.75, 3.05) is 23.5 Å². The predicted molar refractivity (Wildman–Crippen MR) is 137 cm³/mol. The molecule has 33 heavy (non-hydrogen) atoms. The van der Waals surface area contributed by atoms with E-state index in [9.17, 15) is 4.79 Å². The van der Waals surface area contributed by atoms with Gasteiger partial charge in [-0.05, 0) is 46.9 Å². The summed E-state index contributed by atoms with van der Waals surface area (Å²) in [5.74, 6) is 1.12. The van der Waals surface area contributed by atoms with E-state index in [-0.39, 0.29) is 11.9 Å². The van der Waals surface area contributed by atoms with Crippen LogP contribution < -0.4 is 4.90 Å². The minimum Gasteiger partial charge on any atom is -0.363 e. The van der Waals surface area contributed by atoms with Gasteiger partial charge < -0.3 is 14.8 Å². The molecule has 0 aliphatic carbocycles. The fourth-order valence-corrected chi connectivity index (χ4v) is 5.26. The number of rotatable bonds is 6. The zero-order valence-electron chi connectivity index (χ0n) is 18.8. The summed E-state index contributed by atoms with van der Waals surface area (Å²) in [5.41, 5.74) is 4.22. The molecule has 1 N–H and O–H groups in total. The van der Waals surface area contributed by atoms with Crippen molar-refractivity contribution in [3.63, 3.8) is 0 Å². The molecule has 0 saturated heterocycles. The lowest BCUT2D eigenvalue weighted by atomic mass is 10.0. The van der Waals surface area contributed by atoms with E-state index in [1.54, 1.807) is 6.33 Å². The molecule has 0 saturated carbocycles. The van der Waals surface area contributed by atoms with Gasteiger partial charge in [0.05, 0.1) is 24.6 Å². The van der Waals surface area contributed by atoms with Crippen molar-refractivity contribution >= 4 is 34.1 Å². The Morgan fingerprint density at radius 1 is 1.09 bits per heavy atom. The number of nitrogens with zero attached hydrogens (tertiary/aromatic N) is 3. The molecule has 1 aliphatic heterocycles. The second-order valence-corrected chi connectivity index (χ2v) is 9.47. The van der Waals surface area contributed by atoms with E-state index in [4.69, 9.17) is 0 Å². The molecular formula is C27H28N4OS. The summed E-state index contributed by atoms with van der Waals surface area (Å²) in [6.45, 7) is 2.13. The van der Waals surface area contributed by atoms with Crippen molar-refractivity contribution in [1.29, 1.82) is 0 Å². The van der Waals surface area contributed by atoms with E-state index >= 15 is 0 Å². The van der Waals surface area contributed by atoms with E-state index in [0.717, 1.165) is 47.3 Å². The van der Waals surface area contributed by atoms with Crippen LogP contribution in [0.5, 0.6) is 0 Å². The number of para-hydroxylation sites is 1. The first-order chi connectivity index (χ1) is 16.2. The minimum atomic E-state index is 0.107. The molecule has 1 aliphatic rings. The van der Waals surface area contributed by atoms with E-state index in [2.05, 4.69) is 68.5 Å². The highest BCUT2D eigenvalue weighted by Crippen LogP contribution is 2.31. The summed E-state index contributed by atoms with van der Waals surface area (Å²) >= 11 is 1.83. The number of amides is 1. The Morgan fingerprint density at radius 3 is 2.76 bits per heavy atom. The SMILES string of the molecule is CSCC[C@H]1CN(Cc2cnc[nH]2)c2ccccc2CN1C(=O)c1cccc2ccccc12. The van der Waals surface area contributed by atoms with Crippen molar-refractivity contribution < 1.29 is 4.79 Å². The maximum atomic E-state index is 14.1. The number of nitrogens with one attached hydrogen (secondary N) is 1. The molecule has 6 heteroatoms. The third kappa shape index (κ3) is 4.48. The number of benzene rings is 3. The summed E-state index contributed by atoms with van der Waals surface area (Å²) in [5, 5.41) is 2.11. The number of aromatic nitrogens is 2. The number of H-pyrrole nitrogens is 1. The average Bonchev–Trinajstić information content (AvgIpc) is 3.31. The van der Waals surface area contributed by atoms with Gasteiger partial charge in [-0.3, -0.25) is 4.79 Å². The zero-order chi connectivity index (χ0) is 22.6. The Kier molecular flexibility index (Phi) is 6.35. The molecule has 2 heterocycles. The Morgan fingerprint density at radius 2 is 1.91 bits per heavy atom. The van der Waals surface area contributed by atoms with Crippen LogP contribution in [0.2, 0.25) is 0 Å². The van der Waals surface area contributed by atoms with Gasteiger partial charge in [0.2, 0.25) is 0 Å². The molecule has 0 fully saturated rings.